The van der Waals surface area contributed by atoms with E-state index in [2.05, 4.69) is 55.6 Å². The molecule has 2 atom stereocenters. The van der Waals surface area contributed by atoms with Crippen LogP contribution in [-0.2, 0) is 0 Å². The normalized spacial score (nSPS) is 23.9. The second-order valence-corrected chi connectivity index (χ2v) is 6.18. The zero-order valence-electron chi connectivity index (χ0n) is 13.4. The minimum Gasteiger partial charge on any atom is -0.348 e. The molecule has 1 aliphatic carbocycles. The number of hydrogen-bond acceptors (Lipinski definition) is 1. The molecular weight excluding hydrogens is 244 g/mol. The van der Waals surface area contributed by atoms with Gasteiger partial charge < -0.3 is 4.57 Å². The van der Waals surface area contributed by atoms with E-state index >= 15 is 0 Å². The van der Waals surface area contributed by atoms with Crippen molar-refractivity contribution in [1.82, 2.24) is 4.57 Å². The molecule has 1 aromatic rings. The third kappa shape index (κ3) is 3.41. The van der Waals surface area contributed by atoms with Gasteiger partial charge in [-0.1, -0.05) is 26.3 Å². The molecule has 1 aliphatic rings. The van der Waals surface area contributed by atoms with Gasteiger partial charge in [0, 0.05) is 35.4 Å². The molecule has 110 valence electrons. The van der Waals surface area contributed by atoms with Crippen molar-refractivity contribution in [3.8, 4) is 0 Å². The topological polar surface area (TPSA) is 17.3 Å². The van der Waals surface area contributed by atoms with Crippen molar-refractivity contribution >= 4 is 5.71 Å². The first-order chi connectivity index (χ1) is 9.63. The summed E-state index contributed by atoms with van der Waals surface area (Å²) in [6, 6.07) is 2.92. The lowest BCUT2D eigenvalue weighted by Gasteiger charge is -2.15. The Bertz CT molecular complexity index is 494. The Balaban J connectivity index is 2.12. The van der Waals surface area contributed by atoms with E-state index in [-0.39, 0.29) is 0 Å². The number of hydrogen-bond donors (Lipinski definition) is 0. The summed E-state index contributed by atoms with van der Waals surface area (Å²) in [6.45, 7) is 8.89. The van der Waals surface area contributed by atoms with Crippen LogP contribution in [0, 0.1) is 12.8 Å². The number of aliphatic imine (C=N–C) groups is 1. The van der Waals surface area contributed by atoms with Crippen LogP contribution in [0.5, 0.6) is 0 Å². The van der Waals surface area contributed by atoms with Gasteiger partial charge in [-0.25, -0.2) is 0 Å². The Kier molecular flexibility index (Phi) is 5.22. The van der Waals surface area contributed by atoms with Crippen molar-refractivity contribution in [1.29, 1.82) is 0 Å². The lowest BCUT2D eigenvalue weighted by Crippen LogP contribution is -2.07. The van der Waals surface area contributed by atoms with Gasteiger partial charge in [0.15, 0.2) is 0 Å². The molecule has 20 heavy (non-hydrogen) atoms. The van der Waals surface area contributed by atoms with Crippen molar-refractivity contribution in [2.45, 2.75) is 65.8 Å². The predicted molar refractivity (Wildman–Crippen MR) is 87.5 cm³/mol. The van der Waals surface area contributed by atoms with Crippen molar-refractivity contribution < 1.29 is 0 Å². The first-order valence-corrected chi connectivity index (χ1v) is 8.00. The van der Waals surface area contributed by atoms with Gasteiger partial charge in [0.25, 0.3) is 0 Å². The highest BCUT2D eigenvalue weighted by molar-refractivity contribution is 6.00. The van der Waals surface area contributed by atoms with E-state index in [0.717, 1.165) is 18.1 Å². The monoisotopic (exact) mass is 272 g/mol. The first kappa shape index (κ1) is 15.1. The lowest BCUT2D eigenvalue weighted by atomic mass is 10.1. The molecule has 0 spiro atoms. The molecule has 0 radical (unpaired) electrons. The molecule has 0 amide bonds. The molecule has 2 unspecified atom stereocenters. The summed E-state index contributed by atoms with van der Waals surface area (Å²) >= 11 is 0. The van der Waals surface area contributed by atoms with Crippen molar-refractivity contribution in [2.24, 2.45) is 10.9 Å². The number of unbranched alkanes of at least 4 members (excludes halogenated alkanes) is 1. The van der Waals surface area contributed by atoms with Crippen LogP contribution in [0.1, 0.15) is 70.2 Å². The quantitative estimate of drug-likeness (QED) is 0.649. The molecule has 1 heterocycles. The van der Waals surface area contributed by atoms with Gasteiger partial charge in [-0.05, 0) is 51.5 Å². The zero-order valence-corrected chi connectivity index (χ0v) is 13.4. The van der Waals surface area contributed by atoms with E-state index in [9.17, 15) is 0 Å². The maximum absolute atomic E-state index is 4.57. The largest absolute Gasteiger partial charge is 0.348 e. The van der Waals surface area contributed by atoms with Gasteiger partial charge in [0.1, 0.15) is 0 Å². The lowest BCUT2D eigenvalue weighted by molar-refractivity contribution is 0.487. The van der Waals surface area contributed by atoms with Crippen LogP contribution < -0.4 is 0 Å². The van der Waals surface area contributed by atoms with Gasteiger partial charge in [-0.2, -0.15) is 0 Å². The van der Waals surface area contributed by atoms with Crippen molar-refractivity contribution in [3.05, 3.63) is 35.8 Å². The minimum absolute atomic E-state index is 0.696. The maximum Gasteiger partial charge on any atom is 0.0462 e. The summed E-state index contributed by atoms with van der Waals surface area (Å²) < 4.78 is 2.47. The molecule has 1 aromatic heterocycles. The third-order valence-electron chi connectivity index (χ3n) is 4.46. The van der Waals surface area contributed by atoms with Gasteiger partial charge in [-0.15, -0.1) is 0 Å². The molecule has 0 aliphatic heterocycles. The Morgan fingerprint density at radius 1 is 1.45 bits per heavy atom. The van der Waals surface area contributed by atoms with Crippen LogP contribution in [-0.4, -0.2) is 10.3 Å². The number of rotatable bonds is 5. The summed E-state index contributed by atoms with van der Waals surface area (Å²) in [5.41, 5.74) is 3.79. The molecule has 2 heteroatoms. The zero-order chi connectivity index (χ0) is 14.5. The second-order valence-electron chi connectivity index (χ2n) is 6.18. The average molecular weight is 272 g/mol. The SMILES string of the molecule is CCC/C=C/N=C(C)c1ccn(C2CCC(C)C2)c1C. The molecule has 2 rings (SSSR count). The summed E-state index contributed by atoms with van der Waals surface area (Å²) in [5, 5.41) is 0. The molecule has 2 nitrogen and oxygen atoms in total. The number of allylic oxidation sites excluding steroid dienone is 1. The van der Waals surface area contributed by atoms with E-state index in [4.69, 9.17) is 0 Å². The summed E-state index contributed by atoms with van der Waals surface area (Å²) in [5.74, 6) is 0.872. The summed E-state index contributed by atoms with van der Waals surface area (Å²) in [4.78, 5) is 4.57. The molecule has 0 bridgehead atoms. The van der Waals surface area contributed by atoms with Crippen LogP contribution in [0.15, 0.2) is 29.5 Å². The van der Waals surface area contributed by atoms with Crippen LogP contribution in [0.3, 0.4) is 0 Å². The highest BCUT2D eigenvalue weighted by Crippen LogP contribution is 2.35. The Hall–Kier alpha value is -1.31. The number of nitrogens with zero attached hydrogens (tertiary/aromatic N) is 2. The fourth-order valence-corrected chi connectivity index (χ4v) is 3.21. The average Bonchev–Trinajstić information content (AvgIpc) is 3.00. The fraction of sp³-hybridized carbons (Fsp3) is 0.611. The van der Waals surface area contributed by atoms with E-state index in [1.165, 1.54) is 36.9 Å². The maximum atomic E-state index is 4.57. The molecule has 1 saturated carbocycles. The van der Waals surface area contributed by atoms with Gasteiger partial charge in [0.05, 0.1) is 0 Å². The van der Waals surface area contributed by atoms with Crippen molar-refractivity contribution in [2.75, 3.05) is 0 Å². The van der Waals surface area contributed by atoms with Crippen LogP contribution in [0.25, 0.3) is 0 Å². The van der Waals surface area contributed by atoms with E-state index in [0.29, 0.717) is 6.04 Å². The molecule has 0 aromatic carbocycles. The Morgan fingerprint density at radius 2 is 2.25 bits per heavy atom. The summed E-state index contributed by atoms with van der Waals surface area (Å²) in [6.07, 6.45) is 12.6. The van der Waals surface area contributed by atoms with E-state index in [1.54, 1.807) is 0 Å². The summed E-state index contributed by atoms with van der Waals surface area (Å²) in [7, 11) is 0. The van der Waals surface area contributed by atoms with Gasteiger partial charge >= 0.3 is 0 Å². The van der Waals surface area contributed by atoms with Crippen LogP contribution in [0.2, 0.25) is 0 Å². The molecule has 1 fully saturated rings. The smallest absolute Gasteiger partial charge is 0.0462 e. The van der Waals surface area contributed by atoms with Gasteiger partial charge in [0.2, 0.25) is 0 Å². The highest BCUT2D eigenvalue weighted by atomic mass is 15.0. The predicted octanol–water partition coefficient (Wildman–Crippen LogP) is 5.28. The van der Waals surface area contributed by atoms with Gasteiger partial charge in [-0.3, -0.25) is 4.99 Å². The highest BCUT2D eigenvalue weighted by Gasteiger charge is 2.24. The second kappa shape index (κ2) is 6.92. The fourth-order valence-electron chi connectivity index (χ4n) is 3.21. The van der Waals surface area contributed by atoms with E-state index in [1.807, 2.05) is 6.20 Å². The first-order valence-electron chi connectivity index (χ1n) is 8.00. The van der Waals surface area contributed by atoms with E-state index < -0.39 is 0 Å². The third-order valence-corrected chi connectivity index (χ3v) is 4.46. The molecular formula is C18H28N2. The minimum atomic E-state index is 0.696. The Morgan fingerprint density at radius 3 is 2.90 bits per heavy atom. The molecule has 0 N–H and O–H groups in total. The van der Waals surface area contributed by atoms with Crippen molar-refractivity contribution in [3.63, 3.8) is 0 Å². The Labute approximate surface area is 123 Å². The van der Waals surface area contributed by atoms with Crippen LogP contribution >= 0.6 is 0 Å². The number of aromatic nitrogens is 1. The molecule has 0 saturated heterocycles. The van der Waals surface area contributed by atoms with Crippen LogP contribution in [0.4, 0.5) is 0 Å². The standard InChI is InChI=1S/C18H28N2/c1-5-6-7-11-19-15(3)18-10-12-20(16(18)4)17-9-8-14(2)13-17/h7,10-12,14,17H,5-6,8-9,13H2,1-4H3/b11-7+,19-15?.